The summed E-state index contributed by atoms with van der Waals surface area (Å²) in [6.45, 7) is 0. The van der Waals surface area contributed by atoms with Crippen molar-refractivity contribution < 1.29 is 0 Å². The second-order valence-electron chi connectivity index (χ2n) is 3.19. The second kappa shape index (κ2) is 5.29. The molecule has 0 fully saturated rings. The van der Waals surface area contributed by atoms with E-state index in [-0.39, 0.29) is 5.84 Å². The van der Waals surface area contributed by atoms with Gasteiger partial charge in [0.15, 0.2) is 5.16 Å². The number of nitrogens with two attached hydrogens (primary N) is 1. The largest absolute Gasteiger partial charge is 0.382 e. The van der Waals surface area contributed by atoms with Gasteiger partial charge < -0.3 is 5.73 Å². The maximum Gasteiger partial charge on any atom is 0.193 e. The van der Waals surface area contributed by atoms with E-state index in [1.807, 2.05) is 24.3 Å². The molecule has 0 saturated heterocycles. The fourth-order valence-electron chi connectivity index (χ4n) is 1.15. The summed E-state index contributed by atoms with van der Waals surface area (Å²) in [5, 5.41) is 7.90. The van der Waals surface area contributed by atoms with Gasteiger partial charge in [-0.1, -0.05) is 15.9 Å². The van der Waals surface area contributed by atoms with Gasteiger partial charge in [-0.15, -0.1) is 0 Å². The summed E-state index contributed by atoms with van der Waals surface area (Å²) in [7, 11) is 0. The molecule has 86 valence electrons. The Morgan fingerprint density at radius 1 is 1.24 bits per heavy atom. The van der Waals surface area contributed by atoms with Crippen LogP contribution in [0.5, 0.6) is 0 Å². The Labute approximate surface area is 111 Å². The number of nitrogens with zero attached hydrogens (tertiary/aromatic N) is 2. The van der Waals surface area contributed by atoms with Gasteiger partial charge in [-0.25, -0.2) is 9.97 Å². The molecule has 3 N–H and O–H groups in total. The Kier molecular flexibility index (Phi) is 3.75. The molecule has 0 radical (unpaired) electrons. The van der Waals surface area contributed by atoms with Gasteiger partial charge in [0.25, 0.3) is 0 Å². The molecule has 1 aromatic carbocycles. The van der Waals surface area contributed by atoms with Gasteiger partial charge in [-0.2, -0.15) is 0 Å². The Hall–Kier alpha value is -1.40. The minimum Gasteiger partial charge on any atom is -0.382 e. The smallest absolute Gasteiger partial charge is 0.193 e. The lowest BCUT2D eigenvalue weighted by atomic mass is 10.4. The van der Waals surface area contributed by atoms with Crippen LogP contribution in [0.1, 0.15) is 5.69 Å². The molecule has 0 spiro atoms. The van der Waals surface area contributed by atoms with E-state index >= 15 is 0 Å². The summed E-state index contributed by atoms with van der Waals surface area (Å²) in [5.74, 6) is -0.0509. The van der Waals surface area contributed by atoms with Crippen LogP contribution in [0, 0.1) is 5.41 Å². The highest BCUT2D eigenvalue weighted by atomic mass is 79.9. The Bertz CT molecular complexity index is 541. The van der Waals surface area contributed by atoms with Gasteiger partial charge in [0.1, 0.15) is 11.5 Å². The van der Waals surface area contributed by atoms with E-state index in [1.54, 1.807) is 12.3 Å². The van der Waals surface area contributed by atoms with E-state index < -0.39 is 0 Å². The van der Waals surface area contributed by atoms with Crippen LogP contribution in [0.25, 0.3) is 0 Å². The monoisotopic (exact) mass is 308 g/mol. The second-order valence-corrected chi connectivity index (χ2v) is 5.15. The summed E-state index contributed by atoms with van der Waals surface area (Å²) in [5.41, 5.74) is 5.82. The van der Waals surface area contributed by atoms with E-state index in [0.717, 1.165) is 9.37 Å². The van der Waals surface area contributed by atoms with Crippen LogP contribution in [0.3, 0.4) is 0 Å². The van der Waals surface area contributed by atoms with Crippen LogP contribution in [0.2, 0.25) is 0 Å². The van der Waals surface area contributed by atoms with Crippen LogP contribution >= 0.6 is 27.7 Å². The fraction of sp³-hybridized carbons (Fsp3) is 0. The van der Waals surface area contributed by atoms with Gasteiger partial charge in [0.2, 0.25) is 0 Å². The number of nitrogen functional groups attached to an aromatic ring is 1. The zero-order chi connectivity index (χ0) is 12.3. The van der Waals surface area contributed by atoms with Crippen LogP contribution < -0.4 is 5.73 Å². The van der Waals surface area contributed by atoms with Gasteiger partial charge in [-0.3, -0.25) is 5.41 Å². The van der Waals surface area contributed by atoms with E-state index in [2.05, 4.69) is 25.9 Å². The fourth-order valence-corrected chi connectivity index (χ4v) is 2.15. The van der Waals surface area contributed by atoms with E-state index in [9.17, 15) is 0 Å². The molecule has 0 saturated carbocycles. The number of amidine groups is 1. The molecule has 6 heteroatoms. The predicted molar refractivity (Wildman–Crippen MR) is 71.3 cm³/mol. The van der Waals surface area contributed by atoms with Crippen molar-refractivity contribution in [1.82, 2.24) is 9.97 Å². The molecule has 0 aliphatic heterocycles. The summed E-state index contributed by atoms with van der Waals surface area (Å²) < 4.78 is 1.03. The normalized spacial score (nSPS) is 10.2. The van der Waals surface area contributed by atoms with Crippen molar-refractivity contribution in [1.29, 1.82) is 5.41 Å². The predicted octanol–water partition coefficient (Wildman–Crippen LogP) is 2.67. The average molecular weight is 309 g/mol. The summed E-state index contributed by atoms with van der Waals surface area (Å²) in [4.78, 5) is 9.34. The van der Waals surface area contributed by atoms with Crippen molar-refractivity contribution >= 4 is 33.5 Å². The lowest BCUT2D eigenvalue weighted by Gasteiger charge is -2.02. The first-order chi connectivity index (χ1) is 8.15. The first-order valence-electron chi connectivity index (χ1n) is 4.76. The Morgan fingerprint density at radius 2 is 1.94 bits per heavy atom. The molecule has 2 rings (SSSR count). The van der Waals surface area contributed by atoms with Crippen molar-refractivity contribution in [3.8, 4) is 0 Å². The quantitative estimate of drug-likeness (QED) is 0.519. The molecule has 1 aromatic heterocycles. The third kappa shape index (κ3) is 3.28. The molecule has 0 atom stereocenters. The number of halogens is 1. The summed E-state index contributed by atoms with van der Waals surface area (Å²) in [6.07, 6.45) is 1.60. The van der Waals surface area contributed by atoms with Crippen molar-refractivity contribution in [2.45, 2.75) is 10.1 Å². The lowest BCUT2D eigenvalue weighted by Crippen LogP contribution is -2.13. The molecule has 0 aliphatic carbocycles. The highest BCUT2D eigenvalue weighted by Gasteiger charge is 2.03. The minimum absolute atomic E-state index is 0.0509. The number of hydrogen-bond donors (Lipinski definition) is 2. The maximum atomic E-state index is 7.31. The van der Waals surface area contributed by atoms with Crippen LogP contribution in [0.15, 0.2) is 51.1 Å². The molecule has 4 nitrogen and oxygen atoms in total. The zero-order valence-electron chi connectivity index (χ0n) is 8.72. The Morgan fingerprint density at radius 3 is 2.59 bits per heavy atom. The number of nitrogens with one attached hydrogen (secondary N) is 1. The molecule has 1 heterocycles. The van der Waals surface area contributed by atoms with Gasteiger partial charge in [0.05, 0.1) is 0 Å². The van der Waals surface area contributed by atoms with Crippen LogP contribution in [-0.4, -0.2) is 15.8 Å². The number of rotatable bonds is 3. The molecular weight excluding hydrogens is 300 g/mol. The van der Waals surface area contributed by atoms with Gasteiger partial charge in [0, 0.05) is 15.6 Å². The average Bonchev–Trinajstić information content (AvgIpc) is 2.32. The third-order valence-electron chi connectivity index (χ3n) is 1.93. The standard InChI is InChI=1S/C11H9BrN4S/c12-7-1-3-8(4-2-7)17-11-15-6-5-9(16-11)10(13)14/h1-6H,(H3,13,14). The summed E-state index contributed by atoms with van der Waals surface area (Å²) >= 11 is 4.81. The first-order valence-corrected chi connectivity index (χ1v) is 6.37. The van der Waals surface area contributed by atoms with Crippen LogP contribution in [0.4, 0.5) is 0 Å². The molecule has 0 amide bonds. The summed E-state index contributed by atoms with van der Waals surface area (Å²) in [6, 6.07) is 9.47. The van der Waals surface area contributed by atoms with Crippen molar-refractivity contribution in [2.24, 2.45) is 5.73 Å². The number of hydrogen-bond acceptors (Lipinski definition) is 4. The molecule has 2 aromatic rings. The van der Waals surface area contributed by atoms with Crippen molar-refractivity contribution in [3.63, 3.8) is 0 Å². The van der Waals surface area contributed by atoms with Gasteiger partial charge in [-0.05, 0) is 42.1 Å². The maximum absolute atomic E-state index is 7.31. The SMILES string of the molecule is N=C(N)c1ccnc(Sc2ccc(Br)cc2)n1. The molecule has 0 aliphatic rings. The number of aromatic nitrogens is 2. The molecule has 0 bridgehead atoms. The van der Waals surface area contributed by atoms with Crippen molar-refractivity contribution in [3.05, 3.63) is 46.7 Å². The molecule has 0 unspecified atom stereocenters. The lowest BCUT2D eigenvalue weighted by molar-refractivity contribution is 0.954. The highest BCUT2D eigenvalue weighted by Crippen LogP contribution is 2.25. The third-order valence-corrected chi connectivity index (χ3v) is 3.35. The topological polar surface area (TPSA) is 75.7 Å². The first kappa shape index (κ1) is 12.1. The molecular formula is C11H9BrN4S. The van der Waals surface area contributed by atoms with Gasteiger partial charge >= 0.3 is 0 Å². The van der Waals surface area contributed by atoms with Crippen LogP contribution in [-0.2, 0) is 0 Å². The Balaban J connectivity index is 2.21. The molecule has 17 heavy (non-hydrogen) atoms. The van der Waals surface area contributed by atoms with E-state index in [1.165, 1.54) is 11.8 Å². The number of benzene rings is 1. The van der Waals surface area contributed by atoms with E-state index in [0.29, 0.717) is 10.9 Å². The minimum atomic E-state index is -0.0509. The van der Waals surface area contributed by atoms with E-state index in [4.69, 9.17) is 11.1 Å². The zero-order valence-corrected chi connectivity index (χ0v) is 11.1. The van der Waals surface area contributed by atoms with Crippen molar-refractivity contribution in [2.75, 3.05) is 0 Å². The highest BCUT2D eigenvalue weighted by molar-refractivity contribution is 9.10.